The number of nitrogens with zero attached hydrogens (tertiary/aromatic N) is 1. The molecule has 0 spiro atoms. The number of hydrogen-bond acceptors (Lipinski definition) is 4. The molecule has 1 heterocycles. The van der Waals surface area contributed by atoms with Gasteiger partial charge >= 0.3 is 12.1 Å². The van der Waals surface area contributed by atoms with Crippen LogP contribution in [0.5, 0.6) is 5.75 Å². The molecule has 0 radical (unpaired) electrons. The summed E-state index contributed by atoms with van der Waals surface area (Å²) in [6.45, 7) is 0. The number of aromatic nitrogens is 1. The summed E-state index contributed by atoms with van der Waals surface area (Å²) in [5, 5.41) is 0. The largest absolute Gasteiger partial charge is 0.494 e. The highest BCUT2D eigenvalue weighted by Crippen LogP contribution is 2.35. The van der Waals surface area contributed by atoms with Crippen molar-refractivity contribution < 1.29 is 27.4 Å². The van der Waals surface area contributed by atoms with Crippen molar-refractivity contribution in [2.45, 2.75) is 6.18 Å². The van der Waals surface area contributed by atoms with E-state index in [-0.39, 0.29) is 22.4 Å². The maximum Gasteiger partial charge on any atom is 0.416 e. The molecule has 0 atom stereocenters. The molecule has 0 amide bonds. The van der Waals surface area contributed by atoms with Crippen LogP contribution in [0, 0.1) is 0 Å². The molecule has 22 heavy (non-hydrogen) atoms. The second-order valence-electron chi connectivity index (χ2n) is 4.33. The first kappa shape index (κ1) is 15.8. The van der Waals surface area contributed by atoms with Crippen LogP contribution in [0.15, 0.2) is 36.7 Å². The number of carbonyl (C=O) groups is 1. The second kappa shape index (κ2) is 6.05. The van der Waals surface area contributed by atoms with Gasteiger partial charge in [0.1, 0.15) is 5.56 Å². The molecule has 1 aromatic carbocycles. The number of halogens is 3. The highest BCUT2D eigenvalue weighted by atomic mass is 19.4. The number of esters is 1. The fourth-order valence-corrected chi connectivity index (χ4v) is 1.99. The first-order chi connectivity index (χ1) is 10.4. The highest BCUT2D eigenvalue weighted by molar-refractivity contribution is 5.99. The van der Waals surface area contributed by atoms with Gasteiger partial charge in [-0.15, -0.1) is 0 Å². The van der Waals surface area contributed by atoms with Crippen molar-refractivity contribution in [3.8, 4) is 16.9 Å². The lowest BCUT2D eigenvalue weighted by atomic mass is 9.99. The number of hydrogen-bond donors (Lipinski definition) is 0. The zero-order valence-electron chi connectivity index (χ0n) is 11.8. The Morgan fingerprint density at radius 2 is 1.91 bits per heavy atom. The van der Waals surface area contributed by atoms with Gasteiger partial charge in [-0.3, -0.25) is 4.98 Å². The standard InChI is InChI=1S/C15H12F3NO3/c1-21-12-8-19-7-11(13(12)14(20)22-2)9-4-3-5-10(6-9)15(16,17)18/h3-8H,1-2H3. The third-order valence-electron chi connectivity index (χ3n) is 3.02. The van der Waals surface area contributed by atoms with Crippen LogP contribution in [0.4, 0.5) is 13.2 Å². The second-order valence-corrected chi connectivity index (χ2v) is 4.33. The van der Waals surface area contributed by atoms with E-state index in [4.69, 9.17) is 4.74 Å². The summed E-state index contributed by atoms with van der Waals surface area (Å²) < 4.78 is 48.2. The van der Waals surface area contributed by atoms with Crippen LogP contribution >= 0.6 is 0 Å². The molecule has 0 fully saturated rings. The van der Waals surface area contributed by atoms with Crippen LogP contribution in [0.1, 0.15) is 15.9 Å². The molecule has 0 aliphatic carbocycles. The van der Waals surface area contributed by atoms with Gasteiger partial charge in [-0.2, -0.15) is 13.2 Å². The van der Waals surface area contributed by atoms with Crippen molar-refractivity contribution in [2.24, 2.45) is 0 Å². The smallest absolute Gasteiger partial charge is 0.416 e. The lowest BCUT2D eigenvalue weighted by Crippen LogP contribution is -2.08. The number of benzene rings is 1. The van der Waals surface area contributed by atoms with E-state index in [1.165, 1.54) is 38.7 Å². The van der Waals surface area contributed by atoms with Crippen LogP contribution in [-0.2, 0) is 10.9 Å². The first-order valence-corrected chi connectivity index (χ1v) is 6.16. The lowest BCUT2D eigenvalue weighted by molar-refractivity contribution is -0.137. The average Bonchev–Trinajstić information content (AvgIpc) is 2.52. The molecule has 4 nitrogen and oxygen atoms in total. The minimum absolute atomic E-state index is 0.0272. The summed E-state index contributed by atoms with van der Waals surface area (Å²) in [5.74, 6) is -0.589. The molecule has 0 bridgehead atoms. The Morgan fingerprint density at radius 3 is 2.50 bits per heavy atom. The SMILES string of the molecule is COC(=O)c1c(OC)cncc1-c1cccc(C(F)(F)F)c1. The van der Waals surface area contributed by atoms with E-state index in [9.17, 15) is 18.0 Å². The van der Waals surface area contributed by atoms with Gasteiger partial charge < -0.3 is 9.47 Å². The molecule has 0 saturated carbocycles. The van der Waals surface area contributed by atoms with Crippen LogP contribution in [0.2, 0.25) is 0 Å². The molecule has 0 saturated heterocycles. The molecule has 2 rings (SSSR count). The molecule has 7 heteroatoms. The Balaban J connectivity index is 2.65. The normalized spacial score (nSPS) is 11.1. The number of methoxy groups -OCH3 is 2. The van der Waals surface area contributed by atoms with E-state index in [0.29, 0.717) is 0 Å². The van der Waals surface area contributed by atoms with E-state index < -0.39 is 17.7 Å². The van der Waals surface area contributed by atoms with Crippen LogP contribution in [0.3, 0.4) is 0 Å². The number of rotatable bonds is 3. The fraction of sp³-hybridized carbons (Fsp3) is 0.200. The van der Waals surface area contributed by atoms with Crippen molar-refractivity contribution in [1.29, 1.82) is 0 Å². The van der Waals surface area contributed by atoms with Gasteiger partial charge in [0, 0.05) is 11.8 Å². The monoisotopic (exact) mass is 311 g/mol. The van der Waals surface area contributed by atoms with E-state index in [2.05, 4.69) is 9.72 Å². The third-order valence-corrected chi connectivity index (χ3v) is 3.02. The maximum absolute atomic E-state index is 12.8. The van der Waals surface area contributed by atoms with Gasteiger partial charge in [-0.1, -0.05) is 12.1 Å². The molecule has 0 N–H and O–H groups in total. The predicted molar refractivity (Wildman–Crippen MR) is 72.6 cm³/mol. The van der Waals surface area contributed by atoms with Gasteiger partial charge in [0.2, 0.25) is 0 Å². The number of carbonyl (C=O) groups excluding carboxylic acids is 1. The van der Waals surface area contributed by atoms with Crippen LogP contribution < -0.4 is 4.74 Å². The minimum atomic E-state index is -4.48. The Bertz CT molecular complexity index is 699. The summed E-state index contributed by atoms with van der Waals surface area (Å²) in [7, 11) is 2.51. The molecule has 2 aromatic rings. The molecular formula is C15H12F3NO3. The number of pyridine rings is 1. The summed E-state index contributed by atoms with van der Waals surface area (Å²) in [6.07, 6.45) is -1.89. The topological polar surface area (TPSA) is 48.4 Å². The molecule has 116 valence electrons. The molecule has 0 aliphatic heterocycles. The molecule has 1 aromatic heterocycles. The van der Waals surface area contributed by atoms with Gasteiger partial charge in [0.15, 0.2) is 5.75 Å². The molecular weight excluding hydrogens is 299 g/mol. The summed E-state index contributed by atoms with van der Waals surface area (Å²) in [4.78, 5) is 15.8. The Morgan fingerprint density at radius 1 is 1.18 bits per heavy atom. The summed E-state index contributed by atoms with van der Waals surface area (Å²) in [6, 6.07) is 4.62. The minimum Gasteiger partial charge on any atom is -0.494 e. The van der Waals surface area contributed by atoms with Crippen molar-refractivity contribution in [3.63, 3.8) is 0 Å². The van der Waals surface area contributed by atoms with Crippen molar-refractivity contribution in [2.75, 3.05) is 14.2 Å². The van der Waals surface area contributed by atoms with Gasteiger partial charge in [-0.05, 0) is 17.7 Å². The molecule has 0 unspecified atom stereocenters. The predicted octanol–water partition coefficient (Wildman–Crippen LogP) is 3.56. The van der Waals surface area contributed by atoms with E-state index >= 15 is 0 Å². The van der Waals surface area contributed by atoms with Gasteiger partial charge in [0.25, 0.3) is 0 Å². The van der Waals surface area contributed by atoms with Gasteiger partial charge in [-0.25, -0.2) is 4.79 Å². The Labute approximate surface area is 124 Å². The fourth-order valence-electron chi connectivity index (χ4n) is 1.99. The Kier molecular flexibility index (Phi) is 4.35. The van der Waals surface area contributed by atoms with Crippen LogP contribution in [-0.4, -0.2) is 25.2 Å². The van der Waals surface area contributed by atoms with E-state index in [1.807, 2.05) is 0 Å². The van der Waals surface area contributed by atoms with Crippen molar-refractivity contribution >= 4 is 5.97 Å². The lowest BCUT2D eigenvalue weighted by Gasteiger charge is -2.13. The maximum atomic E-state index is 12.8. The third kappa shape index (κ3) is 3.03. The first-order valence-electron chi connectivity index (χ1n) is 6.16. The zero-order valence-corrected chi connectivity index (χ0v) is 11.8. The zero-order chi connectivity index (χ0) is 16.3. The quantitative estimate of drug-likeness (QED) is 0.813. The van der Waals surface area contributed by atoms with E-state index in [0.717, 1.165) is 12.1 Å². The van der Waals surface area contributed by atoms with Crippen molar-refractivity contribution in [3.05, 3.63) is 47.8 Å². The van der Waals surface area contributed by atoms with Crippen molar-refractivity contribution in [1.82, 2.24) is 4.98 Å². The summed E-state index contributed by atoms with van der Waals surface area (Å²) >= 11 is 0. The molecule has 0 aliphatic rings. The Hall–Kier alpha value is -2.57. The number of alkyl halides is 3. The average molecular weight is 311 g/mol. The van der Waals surface area contributed by atoms with Gasteiger partial charge in [0.05, 0.1) is 26.0 Å². The summed E-state index contributed by atoms with van der Waals surface area (Å²) in [5.41, 5.74) is -0.387. The van der Waals surface area contributed by atoms with Crippen LogP contribution in [0.25, 0.3) is 11.1 Å². The highest BCUT2D eigenvalue weighted by Gasteiger charge is 2.31. The van der Waals surface area contributed by atoms with E-state index in [1.54, 1.807) is 0 Å². The number of ether oxygens (including phenoxy) is 2.